The Kier molecular flexibility index (Phi) is 6.62. The highest BCUT2D eigenvalue weighted by molar-refractivity contribution is 8.00. The molecule has 2 unspecified atom stereocenters. The number of hydrogen-bond donors (Lipinski definition) is 1. The molecule has 7 nitrogen and oxygen atoms in total. The molecule has 1 saturated carbocycles. The minimum atomic E-state index is -3.01. The molecule has 150 valence electrons. The van der Waals surface area contributed by atoms with E-state index in [1.807, 2.05) is 13.0 Å². The quantitative estimate of drug-likeness (QED) is 0.545. The monoisotopic (exact) mass is 412 g/mol. The summed E-state index contributed by atoms with van der Waals surface area (Å²) in [6.45, 7) is 6.27. The minimum Gasteiger partial charge on any atom is -0.351 e. The van der Waals surface area contributed by atoms with Crippen LogP contribution in [-0.2, 0) is 21.2 Å². The van der Waals surface area contributed by atoms with Crippen molar-refractivity contribution in [3.63, 3.8) is 0 Å². The molecule has 2 atom stereocenters. The first-order chi connectivity index (χ1) is 12.9. The fraction of sp³-hybridized carbons (Fsp3) is 0.722. The highest BCUT2D eigenvalue weighted by atomic mass is 32.2. The van der Waals surface area contributed by atoms with Gasteiger partial charge in [0.1, 0.15) is 5.82 Å². The number of nitrogens with one attached hydrogen (secondary N) is 1. The van der Waals surface area contributed by atoms with Crippen LogP contribution in [0.15, 0.2) is 17.8 Å². The molecule has 2 fully saturated rings. The Hall–Kier alpha value is -1.35. The second kappa shape index (κ2) is 8.77. The van der Waals surface area contributed by atoms with Gasteiger partial charge in [0.25, 0.3) is 0 Å². The third kappa shape index (κ3) is 5.13. The first kappa shape index (κ1) is 20.4. The van der Waals surface area contributed by atoms with Crippen molar-refractivity contribution in [1.82, 2.24) is 20.1 Å². The number of amides is 1. The van der Waals surface area contributed by atoms with Crippen molar-refractivity contribution < 1.29 is 13.2 Å². The number of hydrogen-bond acceptors (Lipinski definition) is 6. The number of aromatic nitrogens is 3. The molecular formula is C18H28N4O3S2. The van der Waals surface area contributed by atoms with E-state index in [1.165, 1.54) is 31.0 Å². The molecule has 0 spiro atoms. The Morgan fingerprint density at radius 3 is 2.70 bits per heavy atom. The zero-order valence-corrected chi connectivity index (χ0v) is 17.4. The maximum atomic E-state index is 12.5. The second-order valence-electron chi connectivity index (χ2n) is 7.44. The predicted molar refractivity (Wildman–Crippen MR) is 107 cm³/mol. The van der Waals surface area contributed by atoms with Crippen molar-refractivity contribution in [1.29, 1.82) is 0 Å². The van der Waals surface area contributed by atoms with Gasteiger partial charge in [-0.15, -0.1) is 16.8 Å². The van der Waals surface area contributed by atoms with Crippen LogP contribution in [0.3, 0.4) is 0 Å². The van der Waals surface area contributed by atoms with Crippen molar-refractivity contribution in [2.24, 2.45) is 0 Å². The lowest BCUT2D eigenvalue weighted by molar-refractivity contribution is -0.120. The normalized spacial score (nSPS) is 23.8. The molecule has 1 saturated heterocycles. The number of carbonyl (C=O) groups excluding carboxylic acids is 1. The van der Waals surface area contributed by atoms with Gasteiger partial charge in [0.2, 0.25) is 5.91 Å². The summed E-state index contributed by atoms with van der Waals surface area (Å²) in [6, 6.07) is -0.283. The van der Waals surface area contributed by atoms with Gasteiger partial charge in [0, 0.05) is 18.5 Å². The lowest BCUT2D eigenvalue weighted by atomic mass is 9.89. The van der Waals surface area contributed by atoms with Crippen LogP contribution in [0, 0.1) is 0 Å². The zero-order chi connectivity index (χ0) is 19.4. The van der Waals surface area contributed by atoms with Gasteiger partial charge in [-0.2, -0.15) is 0 Å². The minimum absolute atomic E-state index is 0.0363. The number of allylic oxidation sites excluding steroid dienone is 1. The van der Waals surface area contributed by atoms with E-state index in [0.29, 0.717) is 18.9 Å². The summed E-state index contributed by atoms with van der Waals surface area (Å²) >= 11 is 1.37. The van der Waals surface area contributed by atoms with Crippen molar-refractivity contribution in [3.8, 4) is 0 Å². The van der Waals surface area contributed by atoms with Crippen LogP contribution in [-0.4, -0.2) is 51.9 Å². The van der Waals surface area contributed by atoms with Crippen LogP contribution in [0.2, 0.25) is 0 Å². The largest absolute Gasteiger partial charge is 0.351 e. The molecule has 27 heavy (non-hydrogen) atoms. The third-order valence-corrected chi connectivity index (χ3v) is 8.11. The molecule has 3 rings (SSSR count). The van der Waals surface area contributed by atoms with Crippen molar-refractivity contribution >= 4 is 27.5 Å². The van der Waals surface area contributed by atoms with Crippen LogP contribution < -0.4 is 5.32 Å². The summed E-state index contributed by atoms with van der Waals surface area (Å²) in [4.78, 5) is 12.5. The maximum Gasteiger partial charge on any atom is 0.233 e. The smallest absolute Gasteiger partial charge is 0.233 e. The zero-order valence-electron chi connectivity index (χ0n) is 15.8. The number of rotatable bonds is 7. The van der Waals surface area contributed by atoms with Gasteiger partial charge >= 0.3 is 0 Å². The predicted octanol–water partition coefficient (Wildman–Crippen LogP) is 2.30. The number of thioether (sulfide) groups is 1. The average Bonchev–Trinajstić information content (AvgIpc) is 3.19. The van der Waals surface area contributed by atoms with Crippen LogP contribution in [0.5, 0.6) is 0 Å². The van der Waals surface area contributed by atoms with Crippen molar-refractivity contribution in [2.75, 3.05) is 11.5 Å². The van der Waals surface area contributed by atoms with E-state index in [0.717, 1.165) is 23.8 Å². The van der Waals surface area contributed by atoms with E-state index in [4.69, 9.17) is 0 Å². The van der Waals surface area contributed by atoms with Gasteiger partial charge in [0.05, 0.1) is 16.8 Å². The van der Waals surface area contributed by atoms with Crippen molar-refractivity contribution in [3.05, 3.63) is 18.5 Å². The lowest BCUT2D eigenvalue weighted by Crippen LogP contribution is -2.40. The van der Waals surface area contributed by atoms with Gasteiger partial charge < -0.3 is 9.88 Å². The Morgan fingerprint density at radius 1 is 1.33 bits per heavy atom. The molecule has 1 aromatic rings. The van der Waals surface area contributed by atoms with Crippen LogP contribution in [0.1, 0.15) is 57.2 Å². The van der Waals surface area contributed by atoms with Crippen LogP contribution >= 0.6 is 11.8 Å². The van der Waals surface area contributed by atoms with Gasteiger partial charge in [-0.1, -0.05) is 37.1 Å². The van der Waals surface area contributed by atoms with E-state index in [9.17, 15) is 13.2 Å². The highest BCUT2D eigenvalue weighted by Gasteiger charge is 2.31. The van der Waals surface area contributed by atoms with Crippen LogP contribution in [0.4, 0.5) is 0 Å². The molecule has 1 N–H and O–H groups in total. The first-order valence-corrected chi connectivity index (χ1v) is 12.3. The molecule has 0 aromatic carbocycles. The highest BCUT2D eigenvalue weighted by Crippen LogP contribution is 2.34. The molecule has 9 heteroatoms. The second-order valence-corrected chi connectivity index (χ2v) is 11.0. The van der Waals surface area contributed by atoms with Gasteiger partial charge in [-0.05, 0) is 26.2 Å². The summed E-state index contributed by atoms with van der Waals surface area (Å²) in [6.07, 6.45) is 8.30. The molecule has 1 aliphatic carbocycles. The van der Waals surface area contributed by atoms with E-state index in [-0.39, 0.29) is 28.7 Å². The average molecular weight is 413 g/mol. The first-order valence-electron chi connectivity index (χ1n) is 9.61. The molecule has 2 heterocycles. The van der Waals surface area contributed by atoms with Crippen molar-refractivity contribution in [2.45, 2.75) is 74.4 Å². The standard InChI is InChI=1S/C18H28N4O3S2/c1-3-10-22-16(14-7-5-4-6-8-14)20-21-18(22)26-13(2)17(23)19-15-9-11-27(24,25)12-15/h3,13-15H,1,4-12H2,2H3,(H,19,23). The number of sulfone groups is 1. The summed E-state index contributed by atoms with van der Waals surface area (Å²) in [7, 11) is -3.01. The molecule has 1 aromatic heterocycles. The molecular weight excluding hydrogens is 384 g/mol. The summed E-state index contributed by atoms with van der Waals surface area (Å²) in [5, 5.41) is 12.0. The number of carbonyl (C=O) groups is 1. The molecule has 1 amide bonds. The molecule has 0 radical (unpaired) electrons. The van der Waals surface area contributed by atoms with E-state index < -0.39 is 9.84 Å². The fourth-order valence-electron chi connectivity index (χ4n) is 3.79. The third-order valence-electron chi connectivity index (χ3n) is 5.26. The Balaban J connectivity index is 1.66. The van der Waals surface area contributed by atoms with E-state index in [2.05, 4.69) is 26.7 Å². The van der Waals surface area contributed by atoms with E-state index >= 15 is 0 Å². The molecule has 2 aliphatic rings. The van der Waals surface area contributed by atoms with E-state index in [1.54, 1.807) is 0 Å². The lowest BCUT2D eigenvalue weighted by Gasteiger charge is -2.21. The van der Waals surface area contributed by atoms with Gasteiger partial charge in [0.15, 0.2) is 15.0 Å². The Bertz CT molecular complexity index is 785. The van der Waals surface area contributed by atoms with Crippen LogP contribution in [0.25, 0.3) is 0 Å². The molecule has 1 aliphatic heterocycles. The Labute approximate surface area is 165 Å². The SMILES string of the molecule is C=CCn1c(SC(C)C(=O)NC2CCS(=O)(=O)C2)nnc1C1CCCCC1. The summed E-state index contributed by atoms with van der Waals surface area (Å²) < 4.78 is 25.2. The molecule has 0 bridgehead atoms. The van der Waals surface area contributed by atoms with Gasteiger partial charge in [-0.3, -0.25) is 4.79 Å². The topological polar surface area (TPSA) is 94.0 Å². The number of nitrogens with zero attached hydrogens (tertiary/aromatic N) is 3. The Morgan fingerprint density at radius 2 is 2.07 bits per heavy atom. The summed E-state index contributed by atoms with van der Waals surface area (Å²) in [5.74, 6) is 1.45. The fourth-order valence-corrected chi connectivity index (χ4v) is 6.34. The van der Waals surface area contributed by atoms with Gasteiger partial charge in [-0.25, -0.2) is 8.42 Å². The maximum absolute atomic E-state index is 12.5. The summed E-state index contributed by atoms with van der Waals surface area (Å²) in [5.41, 5.74) is 0.